The van der Waals surface area contributed by atoms with Crippen LogP contribution in [0.2, 0.25) is 0 Å². The maximum Gasteiger partial charge on any atom is 0.262 e. The number of amides is 2. The first-order valence-corrected chi connectivity index (χ1v) is 9.57. The Balaban J connectivity index is 1.75. The number of ether oxygens (including phenoxy) is 2. The molecule has 0 spiro atoms. The van der Waals surface area contributed by atoms with Gasteiger partial charge in [0.2, 0.25) is 0 Å². The van der Waals surface area contributed by atoms with Crippen LogP contribution in [0.3, 0.4) is 0 Å². The van der Waals surface area contributed by atoms with E-state index in [1.807, 2.05) is 0 Å². The average Bonchev–Trinajstić information content (AvgIpc) is 2.72. The van der Waals surface area contributed by atoms with E-state index in [1.54, 1.807) is 55.6 Å². The second kappa shape index (κ2) is 11.6. The maximum atomic E-state index is 12.1. The summed E-state index contributed by atoms with van der Waals surface area (Å²) in [5.41, 5.74) is 1.21. The third-order valence-electron chi connectivity index (χ3n) is 4.16. The normalized spacial score (nSPS) is 10.2. The van der Waals surface area contributed by atoms with Gasteiger partial charge in [0.15, 0.2) is 6.61 Å². The summed E-state index contributed by atoms with van der Waals surface area (Å²) >= 11 is 0. The molecule has 2 aromatic carbocycles. The standard InChI is InChI=1S/C22H28N2O4/c1-3-4-5-6-14-23-22(26)17-10-12-19(13-11-17)28-16-21(25)24-18-8-7-9-20(15-18)27-2/h7-13,15H,3-6,14,16H2,1-2H3,(H,23,26)(H,24,25). The molecule has 0 unspecified atom stereocenters. The summed E-state index contributed by atoms with van der Waals surface area (Å²) in [5, 5.41) is 5.66. The van der Waals surface area contributed by atoms with Gasteiger partial charge >= 0.3 is 0 Å². The third-order valence-corrected chi connectivity index (χ3v) is 4.16. The minimum absolute atomic E-state index is 0.0983. The van der Waals surface area contributed by atoms with Crippen molar-refractivity contribution in [3.8, 4) is 11.5 Å². The first kappa shape index (κ1) is 21.3. The summed E-state index contributed by atoms with van der Waals surface area (Å²) in [4.78, 5) is 24.1. The number of nitrogens with one attached hydrogen (secondary N) is 2. The van der Waals surface area contributed by atoms with Gasteiger partial charge in [0.1, 0.15) is 11.5 Å². The SMILES string of the molecule is CCCCCCNC(=O)c1ccc(OCC(=O)Nc2cccc(OC)c2)cc1. The van der Waals surface area contributed by atoms with Crippen molar-refractivity contribution in [1.29, 1.82) is 0 Å². The number of carbonyl (C=O) groups excluding carboxylic acids is 2. The molecule has 0 aliphatic carbocycles. The van der Waals surface area contributed by atoms with Crippen LogP contribution in [0.25, 0.3) is 0 Å². The van der Waals surface area contributed by atoms with Crippen LogP contribution < -0.4 is 20.1 Å². The molecule has 0 radical (unpaired) electrons. The molecule has 0 saturated carbocycles. The largest absolute Gasteiger partial charge is 0.497 e. The molecule has 150 valence electrons. The topological polar surface area (TPSA) is 76.7 Å². The molecule has 2 aromatic rings. The van der Waals surface area contributed by atoms with Gasteiger partial charge < -0.3 is 20.1 Å². The molecule has 0 aromatic heterocycles. The van der Waals surface area contributed by atoms with Crippen LogP contribution in [0.4, 0.5) is 5.69 Å². The summed E-state index contributed by atoms with van der Waals surface area (Å²) in [6.45, 7) is 2.71. The quantitative estimate of drug-likeness (QED) is 0.574. The molecule has 0 bridgehead atoms. The Hall–Kier alpha value is -3.02. The van der Waals surface area contributed by atoms with Crippen LogP contribution in [0.15, 0.2) is 48.5 Å². The number of rotatable bonds is 11. The molecule has 0 aliphatic rings. The van der Waals surface area contributed by atoms with Crippen molar-refractivity contribution in [2.45, 2.75) is 32.6 Å². The molecule has 0 atom stereocenters. The van der Waals surface area contributed by atoms with Crippen molar-refractivity contribution in [2.24, 2.45) is 0 Å². The highest BCUT2D eigenvalue weighted by molar-refractivity contribution is 5.94. The van der Waals surface area contributed by atoms with Crippen molar-refractivity contribution < 1.29 is 19.1 Å². The van der Waals surface area contributed by atoms with Gasteiger partial charge in [-0.25, -0.2) is 0 Å². The van der Waals surface area contributed by atoms with E-state index >= 15 is 0 Å². The highest BCUT2D eigenvalue weighted by Crippen LogP contribution is 2.17. The van der Waals surface area contributed by atoms with E-state index in [4.69, 9.17) is 9.47 Å². The molecule has 6 heteroatoms. The number of unbranched alkanes of at least 4 members (excludes halogenated alkanes) is 3. The minimum Gasteiger partial charge on any atom is -0.497 e. The van der Waals surface area contributed by atoms with Crippen LogP contribution in [0.5, 0.6) is 11.5 Å². The molecule has 6 nitrogen and oxygen atoms in total. The molecule has 28 heavy (non-hydrogen) atoms. The molecule has 2 rings (SSSR count). The number of hydrogen-bond acceptors (Lipinski definition) is 4. The number of hydrogen-bond donors (Lipinski definition) is 2. The van der Waals surface area contributed by atoms with E-state index in [0.29, 0.717) is 29.3 Å². The summed E-state index contributed by atoms with van der Waals surface area (Å²) in [5.74, 6) is 0.819. The predicted molar refractivity (Wildman–Crippen MR) is 110 cm³/mol. The zero-order valence-corrected chi connectivity index (χ0v) is 16.5. The highest BCUT2D eigenvalue weighted by atomic mass is 16.5. The lowest BCUT2D eigenvalue weighted by atomic mass is 10.2. The van der Waals surface area contributed by atoms with Crippen LogP contribution in [-0.2, 0) is 4.79 Å². The smallest absolute Gasteiger partial charge is 0.262 e. The molecule has 2 amide bonds. The van der Waals surface area contributed by atoms with E-state index < -0.39 is 0 Å². The Morgan fingerprint density at radius 1 is 0.964 bits per heavy atom. The van der Waals surface area contributed by atoms with E-state index in [1.165, 1.54) is 12.8 Å². The van der Waals surface area contributed by atoms with Crippen molar-refractivity contribution in [3.63, 3.8) is 0 Å². The molecule has 0 saturated heterocycles. The van der Waals surface area contributed by atoms with Crippen LogP contribution in [0.1, 0.15) is 43.0 Å². The molecular weight excluding hydrogens is 356 g/mol. The van der Waals surface area contributed by atoms with Crippen LogP contribution >= 0.6 is 0 Å². The Kier molecular flexibility index (Phi) is 8.85. The fraction of sp³-hybridized carbons (Fsp3) is 0.364. The fourth-order valence-electron chi connectivity index (χ4n) is 2.61. The predicted octanol–water partition coefficient (Wildman–Crippen LogP) is 4.02. The monoisotopic (exact) mass is 384 g/mol. The minimum atomic E-state index is -0.276. The second-order valence-electron chi connectivity index (χ2n) is 6.41. The third kappa shape index (κ3) is 7.31. The van der Waals surface area contributed by atoms with Crippen LogP contribution in [0, 0.1) is 0 Å². The zero-order valence-electron chi connectivity index (χ0n) is 16.5. The van der Waals surface area contributed by atoms with E-state index in [-0.39, 0.29) is 18.4 Å². The Labute approximate surface area is 166 Å². The lowest BCUT2D eigenvalue weighted by molar-refractivity contribution is -0.118. The van der Waals surface area contributed by atoms with Gasteiger partial charge in [-0.1, -0.05) is 32.3 Å². The molecule has 0 heterocycles. The maximum absolute atomic E-state index is 12.1. The Morgan fingerprint density at radius 2 is 1.75 bits per heavy atom. The zero-order chi connectivity index (χ0) is 20.2. The molecule has 2 N–H and O–H groups in total. The van der Waals surface area contributed by atoms with Gasteiger partial charge in [-0.05, 0) is 42.8 Å². The highest BCUT2D eigenvalue weighted by Gasteiger charge is 2.07. The summed E-state index contributed by atoms with van der Waals surface area (Å²) < 4.78 is 10.6. The number of carbonyl (C=O) groups is 2. The second-order valence-corrected chi connectivity index (χ2v) is 6.41. The van der Waals surface area contributed by atoms with Crippen molar-refractivity contribution >= 4 is 17.5 Å². The lowest BCUT2D eigenvalue weighted by Gasteiger charge is -2.09. The first-order valence-electron chi connectivity index (χ1n) is 9.57. The summed E-state index contributed by atoms with van der Waals surface area (Å²) in [6.07, 6.45) is 4.48. The van der Waals surface area contributed by atoms with Gasteiger partial charge in [0.05, 0.1) is 7.11 Å². The molecule has 0 fully saturated rings. The number of anilines is 1. The van der Waals surface area contributed by atoms with Gasteiger partial charge in [-0.2, -0.15) is 0 Å². The summed E-state index contributed by atoms with van der Waals surface area (Å²) in [7, 11) is 1.57. The van der Waals surface area contributed by atoms with Gasteiger partial charge in [0.25, 0.3) is 11.8 Å². The van der Waals surface area contributed by atoms with E-state index in [2.05, 4.69) is 17.6 Å². The van der Waals surface area contributed by atoms with Crippen LogP contribution in [-0.4, -0.2) is 32.1 Å². The Morgan fingerprint density at radius 3 is 2.46 bits per heavy atom. The number of methoxy groups -OCH3 is 1. The molecule has 0 aliphatic heterocycles. The molecular formula is C22H28N2O4. The van der Waals surface area contributed by atoms with Crippen molar-refractivity contribution in [3.05, 3.63) is 54.1 Å². The Bertz CT molecular complexity index is 759. The van der Waals surface area contributed by atoms with Crippen molar-refractivity contribution in [1.82, 2.24) is 5.32 Å². The lowest BCUT2D eigenvalue weighted by Crippen LogP contribution is -2.24. The van der Waals surface area contributed by atoms with Gasteiger partial charge in [-0.3, -0.25) is 9.59 Å². The average molecular weight is 384 g/mol. The van der Waals surface area contributed by atoms with Crippen molar-refractivity contribution in [2.75, 3.05) is 25.6 Å². The van der Waals surface area contributed by atoms with E-state index in [9.17, 15) is 9.59 Å². The first-order chi connectivity index (χ1) is 13.6. The van der Waals surface area contributed by atoms with Gasteiger partial charge in [0, 0.05) is 23.9 Å². The van der Waals surface area contributed by atoms with Gasteiger partial charge in [-0.15, -0.1) is 0 Å². The van der Waals surface area contributed by atoms with E-state index in [0.717, 1.165) is 12.8 Å². The summed E-state index contributed by atoms with van der Waals surface area (Å²) in [6, 6.07) is 13.9. The number of benzene rings is 2. The fourth-order valence-corrected chi connectivity index (χ4v) is 2.61.